The Morgan fingerprint density at radius 1 is 1.42 bits per heavy atom. The molecule has 1 atom stereocenters. The molecule has 106 valence electrons. The van der Waals surface area contributed by atoms with Crippen molar-refractivity contribution in [2.45, 2.75) is 32.7 Å². The molecule has 0 saturated carbocycles. The molecule has 1 rings (SSSR count). The minimum Gasteiger partial charge on any atom is -0.481 e. The van der Waals surface area contributed by atoms with Gasteiger partial charge in [0, 0.05) is 12.5 Å². The van der Waals surface area contributed by atoms with E-state index in [9.17, 15) is 13.2 Å². The third kappa shape index (κ3) is 5.85. The molecule has 6 heteroatoms. The predicted molar refractivity (Wildman–Crippen MR) is 73.4 cm³/mol. The molecular formula is C13H19NO4S. The number of hydrogen-bond donors (Lipinski definition) is 2. The van der Waals surface area contributed by atoms with E-state index >= 15 is 0 Å². The molecule has 1 aromatic rings. The highest BCUT2D eigenvalue weighted by atomic mass is 32.2. The van der Waals surface area contributed by atoms with Gasteiger partial charge >= 0.3 is 5.97 Å². The topological polar surface area (TPSA) is 83.5 Å². The predicted octanol–water partition coefficient (Wildman–Crippen LogP) is 1.84. The summed E-state index contributed by atoms with van der Waals surface area (Å²) in [5.41, 5.74) is 1.95. The Bertz CT molecular complexity index is 539. The smallest absolute Gasteiger partial charge is 0.303 e. The molecule has 0 heterocycles. The van der Waals surface area contributed by atoms with Crippen LogP contribution in [0.2, 0.25) is 0 Å². The molecule has 0 unspecified atom stereocenters. The quantitative estimate of drug-likeness (QED) is 0.800. The summed E-state index contributed by atoms with van der Waals surface area (Å²) in [6, 6.07) is 7.27. The summed E-state index contributed by atoms with van der Waals surface area (Å²) in [6.45, 7) is 3.71. The monoisotopic (exact) mass is 285 g/mol. The highest BCUT2D eigenvalue weighted by Crippen LogP contribution is 2.15. The second-order valence-electron chi connectivity index (χ2n) is 4.57. The Labute approximate surface area is 113 Å². The van der Waals surface area contributed by atoms with Crippen LogP contribution in [-0.2, 0) is 14.8 Å². The number of nitrogens with one attached hydrogen (secondary N) is 1. The molecule has 2 N–H and O–H groups in total. The number of carbonyl (C=O) groups is 1. The Morgan fingerprint density at radius 3 is 2.68 bits per heavy atom. The van der Waals surface area contributed by atoms with Crippen LogP contribution >= 0.6 is 0 Å². The van der Waals surface area contributed by atoms with Crippen LogP contribution in [-0.4, -0.2) is 25.2 Å². The number of hydrogen-bond acceptors (Lipinski definition) is 3. The van der Waals surface area contributed by atoms with Gasteiger partial charge in [0.1, 0.15) is 0 Å². The highest BCUT2D eigenvalue weighted by Gasteiger charge is 2.16. The zero-order valence-electron chi connectivity index (χ0n) is 11.1. The van der Waals surface area contributed by atoms with E-state index in [1.165, 1.54) is 0 Å². The first-order valence-electron chi connectivity index (χ1n) is 6.08. The molecule has 0 aliphatic carbocycles. The number of rotatable bonds is 7. The van der Waals surface area contributed by atoms with Crippen molar-refractivity contribution >= 4 is 16.0 Å². The van der Waals surface area contributed by atoms with Crippen LogP contribution in [0.15, 0.2) is 24.3 Å². The average Bonchev–Trinajstić information content (AvgIpc) is 2.27. The number of carboxylic acids is 1. The lowest BCUT2D eigenvalue weighted by atomic mass is 10.1. The van der Waals surface area contributed by atoms with Gasteiger partial charge in [-0.25, -0.2) is 13.1 Å². The number of aliphatic carboxylic acids is 1. The van der Waals surface area contributed by atoms with E-state index < -0.39 is 16.0 Å². The van der Waals surface area contributed by atoms with Gasteiger partial charge in [0.05, 0.1) is 5.75 Å². The van der Waals surface area contributed by atoms with E-state index in [2.05, 4.69) is 4.72 Å². The zero-order valence-corrected chi connectivity index (χ0v) is 11.9. The average molecular weight is 285 g/mol. The fourth-order valence-electron chi connectivity index (χ4n) is 1.75. The number of sulfonamides is 1. The summed E-state index contributed by atoms with van der Waals surface area (Å²) in [4.78, 5) is 10.4. The second-order valence-corrected chi connectivity index (χ2v) is 6.44. The SMILES string of the molecule is Cc1cccc([C@H](C)NS(=O)(=O)CCCC(=O)O)c1. The van der Waals surface area contributed by atoms with Crippen molar-refractivity contribution in [3.8, 4) is 0 Å². The molecule has 0 bridgehead atoms. The molecule has 0 aliphatic rings. The van der Waals surface area contributed by atoms with Crippen molar-refractivity contribution in [3.05, 3.63) is 35.4 Å². The molecule has 1 aromatic carbocycles. The summed E-state index contributed by atoms with van der Waals surface area (Å²) in [7, 11) is -3.45. The van der Waals surface area contributed by atoms with Crippen molar-refractivity contribution in [3.63, 3.8) is 0 Å². The third-order valence-electron chi connectivity index (χ3n) is 2.70. The van der Waals surface area contributed by atoms with Gasteiger partial charge < -0.3 is 5.11 Å². The van der Waals surface area contributed by atoms with E-state index in [0.29, 0.717) is 0 Å². The summed E-state index contributed by atoms with van der Waals surface area (Å²) in [5, 5.41) is 8.49. The van der Waals surface area contributed by atoms with Crippen LogP contribution in [0.4, 0.5) is 0 Å². The summed E-state index contributed by atoms with van der Waals surface area (Å²) < 4.78 is 26.1. The largest absolute Gasteiger partial charge is 0.481 e. The molecule has 0 radical (unpaired) electrons. The summed E-state index contributed by atoms with van der Waals surface area (Å²) >= 11 is 0. The van der Waals surface area contributed by atoms with Crippen LogP contribution in [0.1, 0.15) is 36.9 Å². The lowest BCUT2D eigenvalue weighted by molar-refractivity contribution is -0.137. The van der Waals surface area contributed by atoms with Gasteiger partial charge in [-0.15, -0.1) is 0 Å². The van der Waals surface area contributed by atoms with Crippen LogP contribution in [0.25, 0.3) is 0 Å². The Balaban J connectivity index is 2.60. The van der Waals surface area contributed by atoms with E-state index in [0.717, 1.165) is 11.1 Å². The van der Waals surface area contributed by atoms with Crippen LogP contribution < -0.4 is 4.72 Å². The van der Waals surface area contributed by atoms with Crippen molar-refractivity contribution < 1.29 is 18.3 Å². The Hall–Kier alpha value is -1.40. The minimum absolute atomic E-state index is 0.116. The van der Waals surface area contributed by atoms with E-state index in [-0.39, 0.29) is 24.6 Å². The number of benzene rings is 1. The first kappa shape index (κ1) is 15.7. The maximum absolute atomic E-state index is 11.8. The first-order valence-corrected chi connectivity index (χ1v) is 7.74. The van der Waals surface area contributed by atoms with Crippen molar-refractivity contribution in [2.75, 3.05) is 5.75 Å². The summed E-state index contributed by atoms with van der Waals surface area (Å²) in [5.74, 6) is -1.16. The standard InChI is InChI=1S/C13H19NO4S/c1-10-5-3-6-12(9-10)11(2)14-19(17,18)8-4-7-13(15)16/h3,5-6,9,11,14H,4,7-8H2,1-2H3,(H,15,16)/t11-/m0/s1. The van der Waals surface area contributed by atoms with Crippen LogP contribution in [0, 0.1) is 6.92 Å². The lowest BCUT2D eigenvalue weighted by Gasteiger charge is -2.15. The van der Waals surface area contributed by atoms with Crippen LogP contribution in [0.3, 0.4) is 0 Å². The van der Waals surface area contributed by atoms with Gasteiger partial charge in [0.15, 0.2) is 0 Å². The molecule has 0 saturated heterocycles. The van der Waals surface area contributed by atoms with Crippen molar-refractivity contribution in [2.24, 2.45) is 0 Å². The van der Waals surface area contributed by atoms with Gasteiger partial charge in [-0.1, -0.05) is 29.8 Å². The van der Waals surface area contributed by atoms with Gasteiger partial charge in [0.25, 0.3) is 0 Å². The number of aryl methyl sites for hydroxylation is 1. The zero-order chi connectivity index (χ0) is 14.5. The van der Waals surface area contributed by atoms with Crippen molar-refractivity contribution in [1.29, 1.82) is 0 Å². The number of carboxylic acid groups (broad SMARTS) is 1. The first-order chi connectivity index (χ1) is 8.80. The molecular weight excluding hydrogens is 266 g/mol. The fraction of sp³-hybridized carbons (Fsp3) is 0.462. The van der Waals surface area contributed by atoms with E-state index in [4.69, 9.17) is 5.11 Å². The second kappa shape index (κ2) is 6.68. The van der Waals surface area contributed by atoms with Gasteiger partial charge in [-0.2, -0.15) is 0 Å². The fourth-order valence-corrected chi connectivity index (χ4v) is 3.07. The Morgan fingerprint density at radius 2 is 2.11 bits per heavy atom. The minimum atomic E-state index is -3.45. The normalized spacial score (nSPS) is 13.2. The Kier molecular flexibility index (Phi) is 5.50. The maximum Gasteiger partial charge on any atom is 0.303 e. The molecule has 5 nitrogen and oxygen atoms in total. The lowest BCUT2D eigenvalue weighted by Crippen LogP contribution is -2.29. The van der Waals surface area contributed by atoms with Crippen molar-refractivity contribution in [1.82, 2.24) is 4.72 Å². The molecule has 0 fully saturated rings. The maximum atomic E-state index is 11.8. The van der Waals surface area contributed by atoms with Crippen LogP contribution in [0.5, 0.6) is 0 Å². The highest BCUT2D eigenvalue weighted by molar-refractivity contribution is 7.89. The van der Waals surface area contributed by atoms with E-state index in [1.54, 1.807) is 6.92 Å². The molecule has 0 aromatic heterocycles. The molecule has 0 aliphatic heterocycles. The molecule has 0 amide bonds. The molecule has 19 heavy (non-hydrogen) atoms. The van der Waals surface area contributed by atoms with E-state index in [1.807, 2.05) is 31.2 Å². The van der Waals surface area contributed by atoms with Gasteiger partial charge in [-0.05, 0) is 25.8 Å². The third-order valence-corrected chi connectivity index (χ3v) is 4.24. The summed E-state index contributed by atoms with van der Waals surface area (Å²) in [6.07, 6.45) is -0.0229. The molecule has 0 spiro atoms. The van der Waals surface area contributed by atoms with Gasteiger partial charge in [0.2, 0.25) is 10.0 Å². The van der Waals surface area contributed by atoms with Gasteiger partial charge in [-0.3, -0.25) is 4.79 Å².